The Hall–Kier alpha value is -1.26. The highest BCUT2D eigenvalue weighted by Crippen LogP contribution is 1.93. The van der Waals surface area contributed by atoms with Crippen molar-refractivity contribution in [3.05, 3.63) is 0 Å². The standard InChI is InChI=1S/C7H13NO4/c1-4-5(6(9)11-2)8-7(10)12-3/h5H,4H2,1-3H3,(H,8,10). The van der Waals surface area contributed by atoms with Crippen LogP contribution < -0.4 is 5.32 Å². The molecular formula is C7H13NO4. The number of carbonyl (C=O) groups is 2. The number of hydrogen-bond acceptors (Lipinski definition) is 4. The van der Waals surface area contributed by atoms with E-state index in [-0.39, 0.29) is 0 Å². The van der Waals surface area contributed by atoms with Crippen molar-refractivity contribution >= 4 is 12.1 Å². The molecule has 12 heavy (non-hydrogen) atoms. The first-order valence-corrected chi connectivity index (χ1v) is 3.58. The Balaban J connectivity index is 3.99. The Morgan fingerprint density at radius 2 is 1.92 bits per heavy atom. The number of nitrogens with one attached hydrogen (secondary N) is 1. The van der Waals surface area contributed by atoms with Crippen molar-refractivity contribution in [2.75, 3.05) is 14.2 Å². The lowest BCUT2D eigenvalue weighted by Gasteiger charge is -2.12. The van der Waals surface area contributed by atoms with Gasteiger partial charge in [-0.3, -0.25) is 0 Å². The molecule has 0 aromatic heterocycles. The first kappa shape index (κ1) is 10.7. The summed E-state index contributed by atoms with van der Waals surface area (Å²) in [5, 5.41) is 2.33. The number of hydrogen-bond donors (Lipinski definition) is 1. The van der Waals surface area contributed by atoms with Gasteiger partial charge < -0.3 is 14.8 Å². The van der Waals surface area contributed by atoms with Crippen LogP contribution in [-0.4, -0.2) is 32.3 Å². The molecule has 0 saturated heterocycles. The lowest BCUT2D eigenvalue weighted by Crippen LogP contribution is -2.40. The summed E-state index contributed by atoms with van der Waals surface area (Å²) in [5.41, 5.74) is 0. The van der Waals surface area contributed by atoms with E-state index in [1.807, 2.05) is 0 Å². The van der Waals surface area contributed by atoms with E-state index in [4.69, 9.17) is 0 Å². The van der Waals surface area contributed by atoms with E-state index in [0.29, 0.717) is 6.42 Å². The lowest BCUT2D eigenvalue weighted by molar-refractivity contribution is -0.143. The summed E-state index contributed by atoms with van der Waals surface area (Å²) < 4.78 is 8.76. The number of ether oxygens (including phenoxy) is 2. The van der Waals surface area contributed by atoms with E-state index in [9.17, 15) is 9.59 Å². The van der Waals surface area contributed by atoms with Crippen LogP contribution in [0.15, 0.2) is 0 Å². The number of alkyl carbamates (subject to hydrolysis) is 1. The highest BCUT2D eigenvalue weighted by atomic mass is 16.5. The molecule has 0 rings (SSSR count). The summed E-state index contributed by atoms with van der Waals surface area (Å²) in [6, 6.07) is -0.623. The van der Waals surface area contributed by atoms with E-state index in [0.717, 1.165) is 0 Å². The third-order valence-electron chi connectivity index (χ3n) is 1.37. The number of amides is 1. The Kier molecular flexibility index (Phi) is 4.83. The van der Waals surface area contributed by atoms with Crippen molar-refractivity contribution in [3.63, 3.8) is 0 Å². The summed E-state index contributed by atoms with van der Waals surface area (Å²) in [6.45, 7) is 1.76. The maximum Gasteiger partial charge on any atom is 0.407 e. The van der Waals surface area contributed by atoms with Gasteiger partial charge in [-0.2, -0.15) is 0 Å². The van der Waals surface area contributed by atoms with Gasteiger partial charge in [-0.1, -0.05) is 6.92 Å². The smallest absolute Gasteiger partial charge is 0.407 e. The zero-order chi connectivity index (χ0) is 9.56. The van der Waals surface area contributed by atoms with Crippen molar-refractivity contribution in [1.29, 1.82) is 0 Å². The average molecular weight is 175 g/mol. The first-order valence-electron chi connectivity index (χ1n) is 3.58. The van der Waals surface area contributed by atoms with Crippen LogP contribution in [-0.2, 0) is 14.3 Å². The van der Waals surface area contributed by atoms with Crippen LogP contribution in [0.1, 0.15) is 13.3 Å². The van der Waals surface area contributed by atoms with Crippen LogP contribution in [0.4, 0.5) is 4.79 Å². The van der Waals surface area contributed by atoms with E-state index < -0.39 is 18.1 Å². The van der Waals surface area contributed by atoms with Gasteiger partial charge in [0.05, 0.1) is 14.2 Å². The summed E-state index contributed by atoms with van der Waals surface area (Å²) in [7, 11) is 2.50. The lowest BCUT2D eigenvalue weighted by atomic mass is 10.2. The van der Waals surface area contributed by atoms with E-state index in [1.54, 1.807) is 6.92 Å². The van der Waals surface area contributed by atoms with Crippen molar-refractivity contribution in [2.24, 2.45) is 0 Å². The van der Waals surface area contributed by atoms with Crippen LogP contribution in [0.3, 0.4) is 0 Å². The monoisotopic (exact) mass is 175 g/mol. The normalized spacial score (nSPS) is 11.6. The highest BCUT2D eigenvalue weighted by Gasteiger charge is 2.18. The molecule has 0 bridgehead atoms. The van der Waals surface area contributed by atoms with Gasteiger partial charge in [-0.25, -0.2) is 9.59 Å². The van der Waals surface area contributed by atoms with Crippen molar-refractivity contribution in [2.45, 2.75) is 19.4 Å². The van der Waals surface area contributed by atoms with E-state index >= 15 is 0 Å². The fourth-order valence-corrected chi connectivity index (χ4v) is 0.671. The van der Waals surface area contributed by atoms with Gasteiger partial charge in [0, 0.05) is 0 Å². The molecular weight excluding hydrogens is 162 g/mol. The Labute approximate surface area is 71.0 Å². The minimum atomic E-state index is -0.632. The van der Waals surface area contributed by atoms with Gasteiger partial charge in [0.2, 0.25) is 0 Å². The van der Waals surface area contributed by atoms with Gasteiger partial charge in [-0.05, 0) is 6.42 Å². The molecule has 0 heterocycles. The molecule has 0 aliphatic rings. The zero-order valence-corrected chi connectivity index (χ0v) is 7.42. The van der Waals surface area contributed by atoms with Gasteiger partial charge in [0.25, 0.3) is 0 Å². The highest BCUT2D eigenvalue weighted by molar-refractivity contribution is 5.81. The SMILES string of the molecule is CCC(NC(=O)OC)C(=O)OC. The number of esters is 1. The minimum absolute atomic E-state index is 0.470. The maximum atomic E-state index is 10.9. The molecule has 5 nitrogen and oxygen atoms in total. The summed E-state index contributed by atoms with van der Waals surface area (Å²) in [5.74, 6) is -0.470. The Bertz CT molecular complexity index is 169. The van der Waals surface area contributed by atoms with Crippen molar-refractivity contribution < 1.29 is 19.1 Å². The summed E-state index contributed by atoms with van der Waals surface area (Å²) in [4.78, 5) is 21.6. The molecule has 1 N–H and O–H groups in total. The molecule has 0 saturated carbocycles. The quantitative estimate of drug-likeness (QED) is 0.626. The Morgan fingerprint density at radius 1 is 1.33 bits per heavy atom. The molecule has 70 valence electrons. The second-order valence-corrected chi connectivity index (χ2v) is 2.12. The molecule has 1 atom stereocenters. The van der Waals surface area contributed by atoms with Crippen LogP contribution in [0.25, 0.3) is 0 Å². The van der Waals surface area contributed by atoms with Gasteiger partial charge >= 0.3 is 12.1 Å². The Morgan fingerprint density at radius 3 is 2.25 bits per heavy atom. The number of methoxy groups -OCH3 is 2. The third kappa shape index (κ3) is 3.23. The molecule has 0 aromatic carbocycles. The van der Waals surface area contributed by atoms with Gasteiger partial charge in [-0.15, -0.1) is 0 Å². The molecule has 1 amide bonds. The van der Waals surface area contributed by atoms with E-state index in [2.05, 4.69) is 14.8 Å². The van der Waals surface area contributed by atoms with Crippen LogP contribution >= 0.6 is 0 Å². The van der Waals surface area contributed by atoms with Crippen molar-refractivity contribution in [1.82, 2.24) is 5.32 Å². The predicted molar refractivity (Wildman–Crippen MR) is 41.6 cm³/mol. The average Bonchev–Trinajstić information content (AvgIpc) is 2.12. The van der Waals surface area contributed by atoms with Crippen molar-refractivity contribution in [3.8, 4) is 0 Å². The second-order valence-electron chi connectivity index (χ2n) is 2.12. The van der Waals surface area contributed by atoms with E-state index in [1.165, 1.54) is 14.2 Å². The van der Waals surface area contributed by atoms with Gasteiger partial charge in [0.15, 0.2) is 0 Å². The largest absolute Gasteiger partial charge is 0.467 e. The van der Waals surface area contributed by atoms with Crippen LogP contribution in [0.2, 0.25) is 0 Å². The number of carbonyl (C=O) groups excluding carboxylic acids is 2. The van der Waals surface area contributed by atoms with Crippen LogP contribution in [0, 0.1) is 0 Å². The maximum absolute atomic E-state index is 10.9. The topological polar surface area (TPSA) is 64.6 Å². The summed E-state index contributed by atoms with van der Waals surface area (Å²) in [6.07, 6.45) is -0.158. The molecule has 0 fully saturated rings. The number of rotatable bonds is 3. The molecule has 0 aliphatic carbocycles. The zero-order valence-electron chi connectivity index (χ0n) is 7.42. The molecule has 0 radical (unpaired) electrons. The summed E-state index contributed by atoms with van der Waals surface area (Å²) >= 11 is 0. The molecule has 0 spiro atoms. The fourth-order valence-electron chi connectivity index (χ4n) is 0.671. The minimum Gasteiger partial charge on any atom is -0.467 e. The van der Waals surface area contributed by atoms with Crippen LogP contribution in [0.5, 0.6) is 0 Å². The molecule has 0 aromatic rings. The third-order valence-corrected chi connectivity index (χ3v) is 1.37. The molecule has 1 unspecified atom stereocenters. The second kappa shape index (κ2) is 5.40. The molecule has 0 aliphatic heterocycles. The molecule has 5 heteroatoms. The first-order chi connectivity index (χ1) is 5.65. The predicted octanol–water partition coefficient (Wildman–Crippen LogP) is 0.294. The van der Waals surface area contributed by atoms with Gasteiger partial charge in [0.1, 0.15) is 6.04 Å². The fraction of sp³-hybridized carbons (Fsp3) is 0.714.